The molecule has 2 aromatic rings. The van der Waals surface area contributed by atoms with Crippen LogP contribution in [-0.4, -0.2) is 24.4 Å². The van der Waals surface area contributed by atoms with Crippen molar-refractivity contribution in [1.29, 1.82) is 0 Å². The molecule has 1 heterocycles. The van der Waals surface area contributed by atoms with E-state index in [1.807, 2.05) is 32.0 Å². The Bertz CT molecular complexity index is 786. The molecular weight excluding hydrogens is 324 g/mol. The first-order valence-corrected chi connectivity index (χ1v) is 8.26. The Morgan fingerprint density at radius 3 is 2.50 bits per heavy atom. The van der Waals surface area contributed by atoms with Gasteiger partial charge in [-0.05, 0) is 61.4 Å². The van der Waals surface area contributed by atoms with Gasteiger partial charge in [0, 0.05) is 29.2 Å². The van der Waals surface area contributed by atoms with E-state index < -0.39 is 0 Å². The van der Waals surface area contributed by atoms with Gasteiger partial charge in [-0.25, -0.2) is 0 Å². The van der Waals surface area contributed by atoms with Gasteiger partial charge in [-0.1, -0.05) is 17.7 Å². The number of nitrogens with one attached hydrogen (secondary N) is 1. The van der Waals surface area contributed by atoms with Crippen LogP contribution in [0.1, 0.15) is 27.9 Å². The molecule has 1 N–H and O–H groups in total. The Hall–Kier alpha value is -2.33. The zero-order chi connectivity index (χ0) is 17.3. The number of aryl methyl sites for hydroxylation is 2. The van der Waals surface area contributed by atoms with Gasteiger partial charge in [0.15, 0.2) is 0 Å². The second kappa shape index (κ2) is 6.65. The summed E-state index contributed by atoms with van der Waals surface area (Å²) in [6.07, 6.45) is 0.312. The average Bonchev–Trinajstić information content (AvgIpc) is 2.91. The maximum Gasteiger partial charge on any atom is 0.251 e. The third-order valence-corrected chi connectivity index (χ3v) is 4.62. The fourth-order valence-electron chi connectivity index (χ4n) is 2.82. The number of nitrogens with zero attached hydrogens (tertiary/aromatic N) is 1. The quantitative estimate of drug-likeness (QED) is 0.928. The van der Waals surface area contributed by atoms with E-state index in [1.54, 1.807) is 29.2 Å². The molecule has 1 fully saturated rings. The highest BCUT2D eigenvalue weighted by Crippen LogP contribution is 2.24. The second-order valence-electron chi connectivity index (χ2n) is 6.15. The number of carbonyl (C=O) groups excluding carboxylic acids is 2. The smallest absolute Gasteiger partial charge is 0.251 e. The number of anilines is 1. The third kappa shape index (κ3) is 3.44. The molecule has 24 heavy (non-hydrogen) atoms. The fourth-order valence-corrected chi connectivity index (χ4v) is 2.94. The first-order valence-electron chi connectivity index (χ1n) is 7.88. The number of hydrogen-bond acceptors (Lipinski definition) is 2. The molecule has 1 aliphatic rings. The number of hydrogen-bond donors (Lipinski definition) is 1. The summed E-state index contributed by atoms with van der Waals surface area (Å²) in [5, 5.41) is 3.51. The summed E-state index contributed by atoms with van der Waals surface area (Å²) in [5.41, 5.74) is 3.76. The lowest BCUT2D eigenvalue weighted by Gasteiger charge is -2.18. The van der Waals surface area contributed by atoms with Gasteiger partial charge in [0.2, 0.25) is 5.91 Å². The van der Waals surface area contributed by atoms with E-state index >= 15 is 0 Å². The Labute approximate surface area is 146 Å². The summed E-state index contributed by atoms with van der Waals surface area (Å²) in [6.45, 7) is 4.56. The minimum Gasteiger partial charge on any atom is -0.347 e. The number of carbonyl (C=O) groups is 2. The summed E-state index contributed by atoms with van der Waals surface area (Å²) < 4.78 is 0. The molecule has 3 rings (SSSR count). The van der Waals surface area contributed by atoms with Crippen molar-refractivity contribution in [3.05, 3.63) is 64.2 Å². The zero-order valence-electron chi connectivity index (χ0n) is 13.7. The van der Waals surface area contributed by atoms with Crippen LogP contribution >= 0.6 is 11.6 Å². The van der Waals surface area contributed by atoms with Crippen molar-refractivity contribution >= 4 is 29.1 Å². The van der Waals surface area contributed by atoms with Crippen LogP contribution in [0.3, 0.4) is 0 Å². The summed E-state index contributed by atoms with van der Waals surface area (Å²) in [6, 6.07) is 12.5. The molecule has 0 aliphatic carbocycles. The average molecular weight is 343 g/mol. The summed E-state index contributed by atoms with van der Waals surface area (Å²) in [5.74, 6) is -0.161. The van der Waals surface area contributed by atoms with Crippen molar-refractivity contribution in [3.63, 3.8) is 0 Å². The molecule has 0 aromatic heterocycles. The lowest BCUT2D eigenvalue weighted by atomic mass is 10.1. The molecule has 1 saturated heterocycles. The number of amides is 2. The molecule has 1 aliphatic heterocycles. The molecule has 4 nitrogen and oxygen atoms in total. The summed E-state index contributed by atoms with van der Waals surface area (Å²) in [4.78, 5) is 26.3. The van der Waals surface area contributed by atoms with Gasteiger partial charge >= 0.3 is 0 Å². The largest absolute Gasteiger partial charge is 0.347 e. The van der Waals surface area contributed by atoms with Crippen molar-refractivity contribution in [1.82, 2.24) is 5.32 Å². The van der Waals surface area contributed by atoms with E-state index in [2.05, 4.69) is 5.32 Å². The van der Waals surface area contributed by atoms with E-state index in [0.717, 1.165) is 11.3 Å². The van der Waals surface area contributed by atoms with Crippen LogP contribution in [0.4, 0.5) is 5.69 Å². The van der Waals surface area contributed by atoms with E-state index in [9.17, 15) is 9.59 Å². The summed E-state index contributed by atoms with van der Waals surface area (Å²) >= 11 is 5.83. The van der Waals surface area contributed by atoms with Crippen molar-refractivity contribution in [2.45, 2.75) is 26.3 Å². The van der Waals surface area contributed by atoms with E-state index in [0.29, 0.717) is 23.6 Å². The molecular formula is C19H19ClN2O2. The van der Waals surface area contributed by atoms with Crippen LogP contribution < -0.4 is 10.2 Å². The molecule has 2 amide bonds. The maximum absolute atomic E-state index is 12.3. The number of benzene rings is 2. The van der Waals surface area contributed by atoms with Gasteiger partial charge in [0.05, 0.1) is 6.04 Å². The van der Waals surface area contributed by atoms with Gasteiger partial charge in [0.1, 0.15) is 0 Å². The molecule has 1 atom stereocenters. The van der Waals surface area contributed by atoms with E-state index in [-0.39, 0.29) is 17.9 Å². The highest BCUT2D eigenvalue weighted by atomic mass is 35.5. The zero-order valence-corrected chi connectivity index (χ0v) is 14.4. The van der Waals surface area contributed by atoms with Crippen LogP contribution in [0.5, 0.6) is 0 Å². The third-order valence-electron chi connectivity index (χ3n) is 4.37. The van der Waals surface area contributed by atoms with E-state index in [1.165, 1.54) is 5.56 Å². The van der Waals surface area contributed by atoms with Gasteiger partial charge in [-0.15, -0.1) is 0 Å². The highest BCUT2D eigenvalue weighted by molar-refractivity contribution is 6.30. The lowest BCUT2D eigenvalue weighted by molar-refractivity contribution is -0.117. The molecule has 0 unspecified atom stereocenters. The summed E-state index contributed by atoms with van der Waals surface area (Å²) in [7, 11) is 0. The standard InChI is InChI=1S/C19H19ClN2O2/c1-12-3-8-17(9-13(12)2)22-11-16(10-18(22)23)21-19(24)14-4-6-15(20)7-5-14/h3-9,16H,10-11H2,1-2H3,(H,21,24)/t16-/m0/s1. The van der Waals surface area contributed by atoms with Crippen molar-refractivity contribution < 1.29 is 9.59 Å². The number of halogens is 1. The van der Waals surface area contributed by atoms with Crippen LogP contribution in [0.15, 0.2) is 42.5 Å². The lowest BCUT2D eigenvalue weighted by Crippen LogP contribution is -2.37. The van der Waals surface area contributed by atoms with Gasteiger partial charge in [0.25, 0.3) is 5.91 Å². The molecule has 0 saturated carbocycles. The van der Waals surface area contributed by atoms with Crippen LogP contribution in [-0.2, 0) is 4.79 Å². The fraction of sp³-hybridized carbons (Fsp3) is 0.263. The Morgan fingerprint density at radius 1 is 1.12 bits per heavy atom. The Balaban J connectivity index is 1.69. The molecule has 5 heteroatoms. The maximum atomic E-state index is 12.3. The first-order chi connectivity index (χ1) is 11.4. The molecule has 0 bridgehead atoms. The van der Waals surface area contributed by atoms with Crippen molar-refractivity contribution in [2.24, 2.45) is 0 Å². The number of rotatable bonds is 3. The van der Waals surface area contributed by atoms with Gasteiger partial charge in [-0.2, -0.15) is 0 Å². The predicted octanol–water partition coefficient (Wildman–Crippen LogP) is 3.49. The minimum atomic E-state index is -0.192. The second-order valence-corrected chi connectivity index (χ2v) is 6.59. The highest BCUT2D eigenvalue weighted by Gasteiger charge is 2.31. The topological polar surface area (TPSA) is 49.4 Å². The van der Waals surface area contributed by atoms with Crippen molar-refractivity contribution in [2.75, 3.05) is 11.4 Å². The van der Waals surface area contributed by atoms with Crippen LogP contribution in [0.2, 0.25) is 5.02 Å². The Kier molecular flexibility index (Phi) is 4.58. The van der Waals surface area contributed by atoms with E-state index in [4.69, 9.17) is 11.6 Å². The molecule has 124 valence electrons. The van der Waals surface area contributed by atoms with Crippen molar-refractivity contribution in [3.8, 4) is 0 Å². The normalized spacial score (nSPS) is 17.2. The SMILES string of the molecule is Cc1ccc(N2C[C@@H](NC(=O)c3ccc(Cl)cc3)CC2=O)cc1C. The van der Waals surface area contributed by atoms with Crippen LogP contribution in [0, 0.1) is 13.8 Å². The first kappa shape index (κ1) is 16.5. The van der Waals surface area contributed by atoms with Gasteiger partial charge in [-0.3, -0.25) is 9.59 Å². The monoisotopic (exact) mass is 342 g/mol. The molecule has 0 radical (unpaired) electrons. The molecule has 0 spiro atoms. The molecule has 2 aromatic carbocycles. The predicted molar refractivity (Wildman–Crippen MR) is 95.6 cm³/mol. The van der Waals surface area contributed by atoms with Crippen LogP contribution in [0.25, 0.3) is 0 Å². The Morgan fingerprint density at radius 2 is 1.83 bits per heavy atom. The van der Waals surface area contributed by atoms with Gasteiger partial charge < -0.3 is 10.2 Å². The minimum absolute atomic E-state index is 0.0275.